The number of morpholine rings is 1. The van der Waals surface area contributed by atoms with Gasteiger partial charge in [-0.3, -0.25) is 0 Å². The number of ether oxygens (including phenoxy) is 1. The van der Waals surface area contributed by atoms with Crippen LogP contribution in [0.4, 0.5) is 0 Å². The fraction of sp³-hybridized carbons (Fsp3) is 0.818. The van der Waals surface area contributed by atoms with E-state index in [2.05, 4.69) is 27.0 Å². The molecule has 0 spiro atoms. The Morgan fingerprint density at radius 3 is 3.19 bits per heavy atom. The summed E-state index contributed by atoms with van der Waals surface area (Å²) in [5.41, 5.74) is 0. The first kappa shape index (κ1) is 10.2. The molecular weight excluding hydrogens is 204 g/mol. The van der Waals surface area contributed by atoms with Crippen molar-refractivity contribution in [1.29, 1.82) is 0 Å². The minimum atomic E-state index is 0.225. The molecule has 0 saturated carbocycles. The molecule has 3 heterocycles. The van der Waals surface area contributed by atoms with Crippen molar-refractivity contribution in [2.45, 2.75) is 32.4 Å². The molecule has 16 heavy (non-hydrogen) atoms. The first-order valence-electron chi connectivity index (χ1n) is 6.07. The van der Waals surface area contributed by atoms with E-state index in [0.717, 1.165) is 43.7 Å². The van der Waals surface area contributed by atoms with Crippen molar-refractivity contribution in [2.75, 3.05) is 19.8 Å². The van der Waals surface area contributed by atoms with E-state index in [9.17, 15) is 0 Å². The number of rotatable bonds is 1. The minimum absolute atomic E-state index is 0.225. The van der Waals surface area contributed by atoms with Gasteiger partial charge in [-0.05, 0) is 12.3 Å². The number of aromatic nitrogens is 3. The van der Waals surface area contributed by atoms with Crippen LogP contribution in [0.2, 0.25) is 0 Å². The summed E-state index contributed by atoms with van der Waals surface area (Å²) in [6, 6.07) is 0.225. The van der Waals surface area contributed by atoms with Crippen LogP contribution < -0.4 is 5.32 Å². The van der Waals surface area contributed by atoms with Crippen LogP contribution in [0.1, 0.15) is 31.0 Å². The number of nitrogens with one attached hydrogen (secondary N) is 1. The van der Waals surface area contributed by atoms with Crippen LogP contribution in [0.3, 0.4) is 0 Å². The first-order chi connectivity index (χ1) is 7.84. The van der Waals surface area contributed by atoms with Crippen molar-refractivity contribution in [2.24, 2.45) is 5.92 Å². The molecule has 1 saturated heterocycles. The highest BCUT2D eigenvalue weighted by Gasteiger charge is 2.26. The first-order valence-corrected chi connectivity index (χ1v) is 6.07. The molecule has 0 bridgehead atoms. The Morgan fingerprint density at radius 1 is 1.44 bits per heavy atom. The zero-order valence-electron chi connectivity index (χ0n) is 9.65. The molecule has 1 N–H and O–H groups in total. The lowest BCUT2D eigenvalue weighted by atomic mass is 10.00. The van der Waals surface area contributed by atoms with E-state index in [1.54, 1.807) is 0 Å². The maximum Gasteiger partial charge on any atom is 0.152 e. The van der Waals surface area contributed by atoms with Crippen molar-refractivity contribution in [1.82, 2.24) is 20.1 Å². The quantitative estimate of drug-likeness (QED) is 0.752. The van der Waals surface area contributed by atoms with Gasteiger partial charge in [-0.15, -0.1) is 10.2 Å². The predicted octanol–water partition coefficient (Wildman–Crippen LogP) is 0.521. The third kappa shape index (κ3) is 1.74. The summed E-state index contributed by atoms with van der Waals surface area (Å²) in [6.45, 7) is 5.75. The molecule has 1 aromatic heterocycles. The van der Waals surface area contributed by atoms with Gasteiger partial charge in [0, 0.05) is 19.5 Å². The fourth-order valence-corrected chi connectivity index (χ4v) is 2.50. The van der Waals surface area contributed by atoms with Gasteiger partial charge in [-0.25, -0.2) is 0 Å². The molecule has 0 amide bonds. The van der Waals surface area contributed by atoms with Crippen LogP contribution in [0.25, 0.3) is 0 Å². The van der Waals surface area contributed by atoms with E-state index in [1.165, 1.54) is 6.42 Å². The topological polar surface area (TPSA) is 52.0 Å². The van der Waals surface area contributed by atoms with E-state index in [-0.39, 0.29) is 6.04 Å². The summed E-state index contributed by atoms with van der Waals surface area (Å²) in [5.74, 6) is 2.93. The second-order valence-corrected chi connectivity index (χ2v) is 4.81. The normalized spacial score (nSPS) is 30.1. The summed E-state index contributed by atoms with van der Waals surface area (Å²) in [7, 11) is 0. The number of hydrogen-bond donors (Lipinski definition) is 1. The van der Waals surface area contributed by atoms with Crippen molar-refractivity contribution in [3.05, 3.63) is 11.6 Å². The molecule has 2 unspecified atom stereocenters. The summed E-state index contributed by atoms with van der Waals surface area (Å²) in [4.78, 5) is 0. The maximum atomic E-state index is 5.47. The molecule has 0 aliphatic carbocycles. The average Bonchev–Trinajstić information content (AvgIpc) is 2.73. The molecule has 1 fully saturated rings. The monoisotopic (exact) mass is 222 g/mol. The van der Waals surface area contributed by atoms with Gasteiger partial charge in [-0.1, -0.05) is 6.92 Å². The lowest BCUT2D eigenvalue weighted by Crippen LogP contribution is -2.36. The second-order valence-electron chi connectivity index (χ2n) is 4.81. The Labute approximate surface area is 95.2 Å². The van der Waals surface area contributed by atoms with Crippen LogP contribution in [0.5, 0.6) is 0 Å². The Kier molecular flexibility index (Phi) is 2.65. The zero-order chi connectivity index (χ0) is 11.0. The Hall–Kier alpha value is -0.940. The molecule has 0 radical (unpaired) electrons. The largest absolute Gasteiger partial charge is 0.378 e. The molecule has 88 valence electrons. The molecule has 2 atom stereocenters. The SMILES string of the molecule is CC1CCn2c(nnc2C2COCCN2)C1. The highest BCUT2D eigenvalue weighted by molar-refractivity contribution is 5.05. The Morgan fingerprint density at radius 2 is 2.38 bits per heavy atom. The summed E-state index contributed by atoms with van der Waals surface area (Å²) in [6.07, 6.45) is 2.28. The summed E-state index contributed by atoms with van der Waals surface area (Å²) in [5, 5.41) is 12.1. The fourth-order valence-electron chi connectivity index (χ4n) is 2.50. The van der Waals surface area contributed by atoms with Gasteiger partial charge in [0.05, 0.1) is 19.3 Å². The zero-order valence-corrected chi connectivity index (χ0v) is 9.65. The van der Waals surface area contributed by atoms with Gasteiger partial charge in [0.25, 0.3) is 0 Å². The van der Waals surface area contributed by atoms with Crippen molar-refractivity contribution >= 4 is 0 Å². The number of nitrogens with zero attached hydrogens (tertiary/aromatic N) is 3. The van der Waals surface area contributed by atoms with Crippen LogP contribution in [0, 0.1) is 5.92 Å². The molecule has 1 aromatic rings. The van der Waals surface area contributed by atoms with E-state index < -0.39 is 0 Å². The van der Waals surface area contributed by atoms with Crippen molar-refractivity contribution in [3.8, 4) is 0 Å². The van der Waals surface area contributed by atoms with Gasteiger partial charge < -0.3 is 14.6 Å². The minimum Gasteiger partial charge on any atom is -0.378 e. The van der Waals surface area contributed by atoms with E-state index in [1.807, 2.05) is 0 Å². The van der Waals surface area contributed by atoms with E-state index in [0.29, 0.717) is 6.61 Å². The lowest BCUT2D eigenvalue weighted by Gasteiger charge is -2.26. The number of hydrogen-bond acceptors (Lipinski definition) is 4. The van der Waals surface area contributed by atoms with Crippen LogP contribution in [0.15, 0.2) is 0 Å². The number of fused-ring (bicyclic) bond motifs is 1. The van der Waals surface area contributed by atoms with Crippen LogP contribution in [-0.2, 0) is 17.7 Å². The van der Waals surface area contributed by atoms with Crippen LogP contribution in [-0.4, -0.2) is 34.5 Å². The third-order valence-electron chi connectivity index (χ3n) is 3.47. The summed E-state index contributed by atoms with van der Waals surface area (Å²) >= 11 is 0. The molecule has 0 aromatic carbocycles. The molecule has 2 aliphatic heterocycles. The van der Waals surface area contributed by atoms with Gasteiger partial charge in [-0.2, -0.15) is 0 Å². The Bertz CT molecular complexity index is 370. The van der Waals surface area contributed by atoms with Crippen molar-refractivity contribution < 1.29 is 4.74 Å². The molecule has 5 nitrogen and oxygen atoms in total. The smallest absolute Gasteiger partial charge is 0.152 e. The summed E-state index contributed by atoms with van der Waals surface area (Å²) < 4.78 is 7.74. The predicted molar refractivity (Wildman–Crippen MR) is 59.1 cm³/mol. The average molecular weight is 222 g/mol. The molecule has 5 heteroatoms. The van der Waals surface area contributed by atoms with Crippen LogP contribution >= 0.6 is 0 Å². The lowest BCUT2D eigenvalue weighted by molar-refractivity contribution is 0.0726. The molecule has 3 rings (SSSR count). The van der Waals surface area contributed by atoms with E-state index in [4.69, 9.17) is 4.74 Å². The molecule has 2 aliphatic rings. The van der Waals surface area contributed by atoms with E-state index >= 15 is 0 Å². The van der Waals surface area contributed by atoms with Gasteiger partial charge in [0.15, 0.2) is 5.82 Å². The van der Waals surface area contributed by atoms with Gasteiger partial charge >= 0.3 is 0 Å². The molecular formula is C11H18N4O. The van der Waals surface area contributed by atoms with Crippen molar-refractivity contribution in [3.63, 3.8) is 0 Å². The van der Waals surface area contributed by atoms with Gasteiger partial charge in [0.2, 0.25) is 0 Å². The highest BCUT2D eigenvalue weighted by Crippen LogP contribution is 2.23. The second kappa shape index (κ2) is 4.14. The standard InChI is InChI=1S/C11H18N4O/c1-8-2-4-15-10(6-8)13-14-11(15)9-7-16-5-3-12-9/h8-9,12H,2-7H2,1H3. The third-order valence-corrected chi connectivity index (χ3v) is 3.47. The van der Waals surface area contributed by atoms with Gasteiger partial charge in [0.1, 0.15) is 5.82 Å². The Balaban J connectivity index is 1.85. The maximum absolute atomic E-state index is 5.47. The highest BCUT2D eigenvalue weighted by atomic mass is 16.5.